The first-order valence-corrected chi connectivity index (χ1v) is 7.98. The number of hydrogen-bond acceptors (Lipinski definition) is 7. The second-order valence-corrected chi connectivity index (χ2v) is 5.20. The molecule has 0 aliphatic carbocycles. The van der Waals surface area contributed by atoms with Crippen molar-refractivity contribution in [3.63, 3.8) is 0 Å². The van der Waals surface area contributed by atoms with Crippen LogP contribution in [0.15, 0.2) is 79.3 Å². The third-order valence-electron chi connectivity index (χ3n) is 3.31. The highest BCUT2D eigenvalue weighted by molar-refractivity contribution is 6.15. The molecule has 7 heteroatoms. The van der Waals surface area contributed by atoms with Gasteiger partial charge in [-0.25, -0.2) is 19.7 Å². The number of carbonyl (C=O) groups excluding carboxylic acids is 1. The average molecular weight is 364 g/mol. The van der Waals surface area contributed by atoms with Gasteiger partial charge in [-0.3, -0.25) is 4.89 Å². The van der Waals surface area contributed by atoms with Gasteiger partial charge in [0.25, 0.3) is 0 Å². The molecule has 0 radical (unpaired) electrons. The van der Waals surface area contributed by atoms with Crippen molar-refractivity contribution >= 4 is 11.5 Å². The second-order valence-electron chi connectivity index (χ2n) is 5.20. The van der Waals surface area contributed by atoms with Crippen molar-refractivity contribution in [2.45, 2.75) is 0 Å². The van der Waals surface area contributed by atoms with Gasteiger partial charge in [0.15, 0.2) is 5.75 Å². The summed E-state index contributed by atoms with van der Waals surface area (Å²) in [5.74, 6) is 0.0211. The number of aromatic nitrogens is 2. The molecule has 3 aromatic rings. The SMILES string of the molecule is CO/C=C(\C(=O)OOc1cccc(Oc2ncccn2)c1)c1ccccc1. The molecule has 0 aliphatic heterocycles. The number of ether oxygens (including phenoxy) is 2. The van der Waals surface area contributed by atoms with Gasteiger partial charge >= 0.3 is 12.0 Å². The van der Waals surface area contributed by atoms with Crippen LogP contribution in [0.4, 0.5) is 0 Å². The minimum atomic E-state index is -0.694. The monoisotopic (exact) mass is 364 g/mol. The van der Waals surface area contributed by atoms with Gasteiger partial charge in [0.05, 0.1) is 13.4 Å². The molecule has 0 spiro atoms. The van der Waals surface area contributed by atoms with Crippen molar-refractivity contribution in [2.24, 2.45) is 0 Å². The molecule has 3 rings (SSSR count). The molecule has 0 bridgehead atoms. The maximum absolute atomic E-state index is 12.3. The molecule has 0 amide bonds. The minimum absolute atomic E-state index is 0.195. The Balaban J connectivity index is 1.66. The molecule has 136 valence electrons. The Morgan fingerprint density at radius 1 is 0.926 bits per heavy atom. The third-order valence-corrected chi connectivity index (χ3v) is 3.31. The van der Waals surface area contributed by atoms with Crippen LogP contribution < -0.4 is 9.62 Å². The first-order chi connectivity index (χ1) is 13.3. The summed E-state index contributed by atoms with van der Waals surface area (Å²) < 4.78 is 10.5. The Morgan fingerprint density at radius 3 is 2.41 bits per heavy atom. The molecule has 0 fully saturated rings. The highest BCUT2D eigenvalue weighted by atomic mass is 17.2. The average Bonchev–Trinajstić information content (AvgIpc) is 2.72. The number of methoxy groups -OCH3 is 1. The number of hydrogen-bond donors (Lipinski definition) is 0. The van der Waals surface area contributed by atoms with Gasteiger partial charge < -0.3 is 9.47 Å². The molecular formula is C20H16N2O5. The van der Waals surface area contributed by atoms with Crippen LogP contribution in [0.5, 0.6) is 17.5 Å². The van der Waals surface area contributed by atoms with Gasteiger partial charge in [-0.1, -0.05) is 36.4 Å². The Morgan fingerprint density at radius 2 is 1.67 bits per heavy atom. The lowest BCUT2D eigenvalue weighted by Crippen LogP contribution is -2.10. The fourth-order valence-electron chi connectivity index (χ4n) is 2.13. The van der Waals surface area contributed by atoms with Crippen LogP contribution in [0.25, 0.3) is 5.57 Å². The zero-order chi connectivity index (χ0) is 18.9. The van der Waals surface area contributed by atoms with E-state index in [0.29, 0.717) is 11.3 Å². The highest BCUT2D eigenvalue weighted by Crippen LogP contribution is 2.24. The summed E-state index contributed by atoms with van der Waals surface area (Å²) in [6.07, 6.45) is 4.43. The van der Waals surface area contributed by atoms with E-state index in [0.717, 1.165) is 0 Å². The van der Waals surface area contributed by atoms with Gasteiger partial charge in [0, 0.05) is 18.5 Å². The van der Waals surface area contributed by atoms with E-state index in [9.17, 15) is 4.79 Å². The van der Waals surface area contributed by atoms with Crippen molar-refractivity contribution < 1.29 is 24.0 Å². The van der Waals surface area contributed by atoms with Gasteiger partial charge in [-0.05, 0) is 23.8 Å². The van der Waals surface area contributed by atoms with E-state index in [1.165, 1.54) is 13.4 Å². The molecule has 0 saturated carbocycles. The molecular weight excluding hydrogens is 348 g/mol. The van der Waals surface area contributed by atoms with Crippen molar-refractivity contribution in [2.75, 3.05) is 7.11 Å². The van der Waals surface area contributed by atoms with Crippen LogP contribution in [-0.2, 0) is 14.4 Å². The molecule has 0 N–H and O–H groups in total. The van der Waals surface area contributed by atoms with Gasteiger partial charge in [0.1, 0.15) is 11.3 Å². The molecule has 7 nitrogen and oxygen atoms in total. The fraction of sp³-hybridized carbons (Fsp3) is 0.0500. The molecule has 0 atom stereocenters. The Bertz CT molecular complexity index is 914. The van der Waals surface area contributed by atoms with Crippen molar-refractivity contribution in [1.29, 1.82) is 0 Å². The Kier molecular flexibility index (Phi) is 5.98. The van der Waals surface area contributed by atoms with Crippen molar-refractivity contribution in [3.8, 4) is 17.5 Å². The zero-order valence-electron chi connectivity index (χ0n) is 14.4. The van der Waals surface area contributed by atoms with E-state index < -0.39 is 5.97 Å². The lowest BCUT2D eigenvalue weighted by atomic mass is 10.1. The molecule has 27 heavy (non-hydrogen) atoms. The van der Waals surface area contributed by atoms with Crippen LogP contribution in [0.2, 0.25) is 0 Å². The number of rotatable bonds is 7. The fourth-order valence-corrected chi connectivity index (χ4v) is 2.13. The molecule has 1 aromatic heterocycles. The van der Waals surface area contributed by atoms with Gasteiger partial charge in [-0.2, -0.15) is 0 Å². The smallest absolute Gasteiger partial charge is 0.389 e. The Hall–Kier alpha value is -3.87. The summed E-state index contributed by atoms with van der Waals surface area (Å²) in [7, 11) is 1.45. The summed E-state index contributed by atoms with van der Waals surface area (Å²) >= 11 is 0. The summed E-state index contributed by atoms with van der Waals surface area (Å²) in [6, 6.07) is 17.4. The molecule has 1 heterocycles. The van der Waals surface area contributed by atoms with Crippen molar-refractivity contribution in [3.05, 3.63) is 84.9 Å². The summed E-state index contributed by atoms with van der Waals surface area (Å²) in [5, 5.41) is 0. The van der Waals surface area contributed by atoms with Crippen LogP contribution in [-0.4, -0.2) is 23.0 Å². The van der Waals surface area contributed by atoms with Gasteiger partial charge in [0.2, 0.25) is 0 Å². The van der Waals surface area contributed by atoms with Crippen LogP contribution in [0.3, 0.4) is 0 Å². The van der Waals surface area contributed by atoms with E-state index in [4.69, 9.17) is 19.2 Å². The number of carbonyl (C=O) groups is 1. The quantitative estimate of drug-likeness (QED) is 0.273. The second kappa shape index (κ2) is 9.00. The number of benzene rings is 2. The van der Waals surface area contributed by atoms with E-state index >= 15 is 0 Å². The lowest BCUT2D eigenvalue weighted by Gasteiger charge is -2.09. The van der Waals surface area contributed by atoms with E-state index in [-0.39, 0.29) is 17.3 Å². The molecule has 0 saturated heterocycles. The van der Waals surface area contributed by atoms with E-state index in [2.05, 4.69) is 9.97 Å². The first kappa shape index (κ1) is 17.9. The summed E-state index contributed by atoms with van der Waals surface area (Å²) in [6.45, 7) is 0. The van der Waals surface area contributed by atoms with E-state index in [1.807, 2.05) is 6.07 Å². The van der Waals surface area contributed by atoms with Crippen LogP contribution in [0, 0.1) is 0 Å². The van der Waals surface area contributed by atoms with Crippen LogP contribution in [0.1, 0.15) is 5.56 Å². The lowest BCUT2D eigenvalue weighted by molar-refractivity contribution is -0.206. The largest absolute Gasteiger partial charge is 0.503 e. The van der Waals surface area contributed by atoms with E-state index in [1.54, 1.807) is 67.0 Å². The van der Waals surface area contributed by atoms with Crippen LogP contribution >= 0.6 is 0 Å². The molecule has 0 unspecified atom stereocenters. The molecule has 2 aromatic carbocycles. The predicted molar refractivity (Wildman–Crippen MR) is 96.7 cm³/mol. The summed E-state index contributed by atoms with van der Waals surface area (Å²) in [5.41, 5.74) is 0.870. The third kappa shape index (κ3) is 5.05. The standard InChI is InChI=1S/C20H16N2O5/c1-24-14-18(15-7-3-2-4-8-15)19(23)27-26-17-10-5-9-16(13-17)25-20-21-11-6-12-22-20/h2-14H,1H3/b18-14-. The van der Waals surface area contributed by atoms with Gasteiger partial charge in [-0.15, -0.1) is 0 Å². The Labute approximate surface area is 155 Å². The minimum Gasteiger partial charge on any atom is -0.503 e. The molecule has 0 aliphatic rings. The maximum Gasteiger partial charge on any atom is 0.389 e. The normalized spacial score (nSPS) is 10.8. The number of nitrogens with zero attached hydrogens (tertiary/aromatic N) is 2. The predicted octanol–water partition coefficient (Wildman–Crippen LogP) is 3.79. The highest BCUT2D eigenvalue weighted by Gasteiger charge is 2.16. The topological polar surface area (TPSA) is 79.8 Å². The maximum atomic E-state index is 12.3. The van der Waals surface area contributed by atoms with Crippen molar-refractivity contribution in [1.82, 2.24) is 9.97 Å². The first-order valence-electron chi connectivity index (χ1n) is 7.98. The summed E-state index contributed by atoms with van der Waals surface area (Å²) in [4.78, 5) is 30.3. The zero-order valence-corrected chi connectivity index (χ0v) is 14.4.